The zero-order chi connectivity index (χ0) is 27.7. The van der Waals surface area contributed by atoms with Gasteiger partial charge in [0.25, 0.3) is 11.8 Å². The van der Waals surface area contributed by atoms with E-state index in [-0.39, 0.29) is 27.7 Å². The summed E-state index contributed by atoms with van der Waals surface area (Å²) in [5.41, 5.74) is 7.76. The van der Waals surface area contributed by atoms with Crippen LogP contribution in [0.15, 0.2) is 75.4 Å². The van der Waals surface area contributed by atoms with Crippen molar-refractivity contribution in [3.8, 4) is 11.1 Å². The van der Waals surface area contributed by atoms with E-state index in [0.717, 1.165) is 22.5 Å². The second-order valence-corrected chi connectivity index (χ2v) is 10.6. The number of amides is 2. The lowest BCUT2D eigenvalue weighted by molar-refractivity contribution is -0.150. The molecule has 0 unspecified atom stereocenters. The molecule has 1 aliphatic carbocycles. The first-order valence-corrected chi connectivity index (χ1v) is 13.5. The van der Waals surface area contributed by atoms with Crippen molar-refractivity contribution in [2.45, 2.75) is 18.0 Å². The van der Waals surface area contributed by atoms with Crippen LogP contribution in [-0.4, -0.2) is 67.3 Å². The molecular weight excluding hydrogens is 544 g/mol. The molecule has 0 spiro atoms. The number of aromatic nitrogens is 2. The number of carbonyl (C=O) groups excluding carboxylic acids is 2. The molecule has 0 saturated carbocycles. The van der Waals surface area contributed by atoms with Crippen LogP contribution < -0.4 is 16.5 Å². The summed E-state index contributed by atoms with van der Waals surface area (Å²) < 4.78 is 1.90. The van der Waals surface area contributed by atoms with Crippen molar-refractivity contribution in [3.05, 3.63) is 81.4 Å². The van der Waals surface area contributed by atoms with Crippen LogP contribution in [0.4, 0.5) is 5.13 Å². The van der Waals surface area contributed by atoms with E-state index in [9.17, 15) is 24.3 Å². The summed E-state index contributed by atoms with van der Waals surface area (Å²) in [6, 6.07) is 5.72. The number of nitrogens with two attached hydrogens (primary N) is 1. The molecule has 1 saturated heterocycles. The van der Waals surface area contributed by atoms with Crippen molar-refractivity contribution in [1.82, 2.24) is 19.8 Å². The lowest BCUT2D eigenvalue weighted by Gasteiger charge is -2.49. The average Bonchev–Trinajstić information content (AvgIpc) is 3.35. The summed E-state index contributed by atoms with van der Waals surface area (Å²) in [5.74, 6) is -2.13. The Kier molecular flexibility index (Phi) is 7.21. The van der Waals surface area contributed by atoms with Gasteiger partial charge in [0.2, 0.25) is 0 Å². The molecule has 2 atom stereocenters. The van der Waals surface area contributed by atoms with Crippen LogP contribution in [0, 0.1) is 0 Å². The number of rotatable bonds is 8. The number of nitrogens with zero attached hydrogens (tertiary/aromatic N) is 4. The fourth-order valence-electron chi connectivity index (χ4n) is 4.32. The molecule has 1 aromatic heterocycles. The number of hydrogen-bond acceptors (Lipinski definition) is 10. The molecule has 2 amide bonds. The second-order valence-electron chi connectivity index (χ2n) is 8.57. The SMILES string of the molecule is CO/N=C(\C(=O)N[C@@H]1C(=O)N2C(C(=O)O)=C(/C=C/Cn3ccc4cc(=O)ccc-4c3)CS[C@H]12)c1csc(N)n1. The number of β-lactam (4-membered cyclic amide) rings is 1. The topological polar surface area (TPSA) is 169 Å². The van der Waals surface area contributed by atoms with Crippen LogP contribution in [0.2, 0.25) is 0 Å². The third-order valence-corrected chi connectivity index (χ3v) is 8.07. The summed E-state index contributed by atoms with van der Waals surface area (Å²) in [6.45, 7) is 0.453. The number of carbonyl (C=O) groups is 3. The number of carboxylic acids is 1. The number of nitrogens with one attached hydrogen (secondary N) is 1. The second kappa shape index (κ2) is 10.7. The van der Waals surface area contributed by atoms with E-state index in [2.05, 4.69) is 15.5 Å². The van der Waals surface area contributed by atoms with Gasteiger partial charge in [-0.25, -0.2) is 9.78 Å². The molecule has 0 aromatic carbocycles. The molecular formula is C25H22N6O6S2. The number of hydrogen-bond donors (Lipinski definition) is 3. The average molecular weight is 567 g/mol. The predicted molar refractivity (Wildman–Crippen MR) is 146 cm³/mol. The summed E-state index contributed by atoms with van der Waals surface area (Å²) in [7, 11) is 1.27. The number of nitrogen functional groups attached to an aromatic ring is 1. The number of pyridine rings is 1. The van der Waals surface area contributed by atoms with E-state index in [4.69, 9.17) is 10.6 Å². The Morgan fingerprint density at radius 3 is 2.85 bits per heavy atom. The molecule has 200 valence electrons. The van der Waals surface area contributed by atoms with E-state index in [1.54, 1.807) is 23.6 Å². The van der Waals surface area contributed by atoms with Crippen LogP contribution in [0.1, 0.15) is 5.69 Å². The van der Waals surface area contributed by atoms with Crippen molar-refractivity contribution in [2.24, 2.45) is 5.16 Å². The Labute approximate surface area is 229 Å². The first-order valence-electron chi connectivity index (χ1n) is 11.6. The van der Waals surface area contributed by atoms with E-state index in [1.165, 1.54) is 29.8 Å². The van der Waals surface area contributed by atoms with E-state index >= 15 is 0 Å². The highest BCUT2D eigenvalue weighted by molar-refractivity contribution is 8.00. The van der Waals surface area contributed by atoms with Gasteiger partial charge in [0.05, 0.1) is 0 Å². The maximum Gasteiger partial charge on any atom is 0.352 e. The van der Waals surface area contributed by atoms with E-state index in [1.807, 2.05) is 29.1 Å². The van der Waals surface area contributed by atoms with Crippen molar-refractivity contribution in [3.63, 3.8) is 0 Å². The van der Waals surface area contributed by atoms with Gasteiger partial charge in [-0.1, -0.05) is 17.3 Å². The molecule has 4 aliphatic rings. The predicted octanol–water partition coefficient (Wildman–Crippen LogP) is 1.34. The minimum atomic E-state index is -1.23. The third-order valence-electron chi connectivity index (χ3n) is 6.09. The normalized spacial score (nSPS) is 19.3. The van der Waals surface area contributed by atoms with Crippen LogP contribution in [0.25, 0.3) is 11.1 Å². The molecule has 39 heavy (non-hydrogen) atoms. The Hall–Kier alpha value is -4.43. The number of anilines is 1. The smallest absolute Gasteiger partial charge is 0.352 e. The Balaban J connectivity index is 1.30. The first kappa shape index (κ1) is 26.2. The number of fused-ring (bicyclic) bond motifs is 2. The lowest BCUT2D eigenvalue weighted by Crippen LogP contribution is -2.71. The minimum Gasteiger partial charge on any atom is -0.477 e. The molecule has 12 nitrogen and oxygen atoms in total. The van der Waals surface area contributed by atoms with Gasteiger partial charge in [-0.15, -0.1) is 23.1 Å². The number of thiazole rings is 1. The molecule has 1 fully saturated rings. The fraction of sp³-hybridized carbons (Fsp3) is 0.200. The highest BCUT2D eigenvalue weighted by Crippen LogP contribution is 2.40. The molecule has 4 heterocycles. The summed E-state index contributed by atoms with van der Waals surface area (Å²) in [6.07, 6.45) is 7.23. The largest absolute Gasteiger partial charge is 0.477 e. The van der Waals surface area contributed by atoms with Gasteiger partial charge in [-0.3, -0.25) is 19.3 Å². The minimum absolute atomic E-state index is 0.0584. The van der Waals surface area contributed by atoms with Gasteiger partial charge in [-0.05, 0) is 41.0 Å². The molecule has 0 bridgehead atoms. The van der Waals surface area contributed by atoms with Crippen molar-refractivity contribution in [2.75, 3.05) is 18.6 Å². The van der Waals surface area contributed by atoms with Gasteiger partial charge in [0.1, 0.15) is 29.9 Å². The van der Waals surface area contributed by atoms with E-state index in [0.29, 0.717) is 17.9 Å². The lowest BCUT2D eigenvalue weighted by atomic mass is 10.0. The zero-order valence-electron chi connectivity index (χ0n) is 20.4. The summed E-state index contributed by atoms with van der Waals surface area (Å²) in [5, 5.41) is 17.4. The zero-order valence-corrected chi connectivity index (χ0v) is 22.1. The van der Waals surface area contributed by atoms with Crippen molar-refractivity contribution in [1.29, 1.82) is 0 Å². The molecule has 0 radical (unpaired) electrons. The first-order chi connectivity index (χ1) is 18.8. The molecule has 5 rings (SSSR count). The summed E-state index contributed by atoms with van der Waals surface area (Å²) >= 11 is 2.47. The quantitative estimate of drug-likeness (QED) is 0.207. The van der Waals surface area contributed by atoms with Gasteiger partial charge in [0.15, 0.2) is 16.3 Å². The number of allylic oxidation sites excluding steroid dienone is 2. The number of aliphatic carboxylic acids is 1. The number of thioether (sulfide) groups is 1. The molecule has 14 heteroatoms. The van der Waals surface area contributed by atoms with Crippen LogP contribution in [0.5, 0.6) is 0 Å². The van der Waals surface area contributed by atoms with Gasteiger partial charge in [-0.2, -0.15) is 0 Å². The van der Waals surface area contributed by atoms with Crippen LogP contribution in [-0.2, 0) is 25.8 Å². The number of oxime groups is 1. The highest BCUT2D eigenvalue weighted by atomic mass is 32.2. The van der Waals surface area contributed by atoms with Crippen LogP contribution >= 0.6 is 23.1 Å². The van der Waals surface area contributed by atoms with E-state index < -0.39 is 29.2 Å². The monoisotopic (exact) mass is 566 g/mol. The fourth-order valence-corrected chi connectivity index (χ4v) is 6.18. The molecule has 1 aromatic rings. The number of carboxylic acid groups (broad SMARTS) is 1. The highest BCUT2D eigenvalue weighted by Gasteiger charge is 2.54. The maximum absolute atomic E-state index is 13.0. The van der Waals surface area contributed by atoms with Gasteiger partial charge >= 0.3 is 5.97 Å². The standard InChI is InChI=1S/C25H22N6O6S2/c1-37-29-18(17-12-39-25(26)27-17)21(33)28-19-22(34)31-20(24(35)36)15(11-38-23(19)31)3-2-7-30-8-6-13-9-16(32)5-4-14(13)10-30/h2-6,8-10,12,19,23H,7,11H2,1H3,(H2,26,27)(H,28,33)(H,35,36)/b3-2+,29-18-/t19-,23-/m1/s1. The van der Waals surface area contributed by atoms with Crippen LogP contribution in [0.3, 0.4) is 0 Å². The Bertz CT molecular complexity index is 1590. The van der Waals surface area contributed by atoms with Crippen molar-refractivity contribution >= 4 is 51.7 Å². The molecule has 3 aliphatic heterocycles. The summed E-state index contributed by atoms with van der Waals surface area (Å²) in [4.78, 5) is 59.5. The maximum atomic E-state index is 13.0. The van der Waals surface area contributed by atoms with Gasteiger partial charge < -0.3 is 25.6 Å². The Morgan fingerprint density at radius 2 is 2.13 bits per heavy atom. The van der Waals surface area contributed by atoms with Crippen molar-refractivity contribution < 1.29 is 24.3 Å². The Morgan fingerprint density at radius 1 is 1.31 bits per heavy atom. The molecule has 4 N–H and O–H groups in total. The number of benzene rings is 1. The third kappa shape index (κ3) is 5.15. The van der Waals surface area contributed by atoms with Gasteiger partial charge in [0, 0.05) is 30.1 Å².